The minimum absolute atomic E-state index is 0.0839. The summed E-state index contributed by atoms with van der Waals surface area (Å²) in [4.78, 5) is 30.5. The summed E-state index contributed by atoms with van der Waals surface area (Å²) < 4.78 is 0. The fourth-order valence-electron chi connectivity index (χ4n) is 4.89. The van der Waals surface area contributed by atoms with Crippen molar-refractivity contribution < 1.29 is 9.59 Å². The van der Waals surface area contributed by atoms with Crippen LogP contribution < -0.4 is 10.2 Å². The molecule has 2 aromatic carbocycles. The Hall–Kier alpha value is -2.82. The molecule has 0 aliphatic carbocycles. The maximum Gasteiger partial charge on any atom is 0.256 e. The molecule has 2 aromatic rings. The van der Waals surface area contributed by atoms with Crippen LogP contribution in [-0.2, 0) is 6.42 Å². The number of benzene rings is 2. The van der Waals surface area contributed by atoms with E-state index in [2.05, 4.69) is 17.1 Å². The lowest BCUT2D eigenvalue weighted by atomic mass is 10.0. The molecule has 0 radical (unpaired) electrons. The third-order valence-electron chi connectivity index (χ3n) is 6.86. The summed E-state index contributed by atoms with van der Waals surface area (Å²) >= 11 is 0. The Bertz CT molecular complexity index is 942. The molecule has 0 bridgehead atoms. The molecule has 0 atom stereocenters. The molecule has 4 rings (SSSR count). The van der Waals surface area contributed by atoms with Gasteiger partial charge in [-0.1, -0.05) is 31.9 Å². The highest BCUT2D eigenvalue weighted by Crippen LogP contribution is 2.29. The molecule has 0 unspecified atom stereocenters. The summed E-state index contributed by atoms with van der Waals surface area (Å²) in [7, 11) is 0. The first-order valence-electron chi connectivity index (χ1n) is 12.7. The third-order valence-corrected chi connectivity index (χ3v) is 6.86. The Labute approximate surface area is 198 Å². The normalized spacial score (nSPS) is 16.2. The van der Waals surface area contributed by atoms with Crippen molar-refractivity contribution in [3.8, 4) is 0 Å². The molecule has 2 aliphatic heterocycles. The van der Waals surface area contributed by atoms with Crippen LogP contribution in [0.15, 0.2) is 42.5 Å². The molecular formula is C28H37N3O2. The van der Waals surface area contributed by atoms with E-state index in [9.17, 15) is 9.59 Å². The van der Waals surface area contributed by atoms with E-state index in [0.717, 1.165) is 64.0 Å². The Morgan fingerprint density at radius 3 is 2.24 bits per heavy atom. The topological polar surface area (TPSA) is 52.7 Å². The molecule has 0 spiro atoms. The van der Waals surface area contributed by atoms with Gasteiger partial charge in [-0.2, -0.15) is 0 Å². The van der Waals surface area contributed by atoms with Crippen molar-refractivity contribution in [2.45, 2.75) is 64.7 Å². The lowest BCUT2D eigenvalue weighted by molar-refractivity contribution is 0.0793. The second-order valence-electron chi connectivity index (χ2n) is 9.39. The number of rotatable bonds is 8. The predicted octanol–water partition coefficient (Wildman–Crippen LogP) is 5.90. The van der Waals surface area contributed by atoms with Gasteiger partial charge in [-0.15, -0.1) is 0 Å². The van der Waals surface area contributed by atoms with Crippen LogP contribution in [0.2, 0.25) is 0 Å². The minimum Gasteiger partial charge on any atom is -0.371 e. The first-order valence-corrected chi connectivity index (χ1v) is 12.7. The Morgan fingerprint density at radius 2 is 1.55 bits per heavy atom. The number of carbonyl (C=O) groups excluding carboxylic acids is 2. The molecule has 5 nitrogen and oxygen atoms in total. The third kappa shape index (κ3) is 5.95. The van der Waals surface area contributed by atoms with Crippen LogP contribution in [0.3, 0.4) is 0 Å². The van der Waals surface area contributed by atoms with Crippen molar-refractivity contribution in [1.82, 2.24) is 4.90 Å². The van der Waals surface area contributed by atoms with Gasteiger partial charge in [-0.25, -0.2) is 0 Å². The molecule has 1 N–H and O–H groups in total. The van der Waals surface area contributed by atoms with Crippen LogP contribution in [0.5, 0.6) is 0 Å². The summed E-state index contributed by atoms with van der Waals surface area (Å²) in [6, 6.07) is 13.7. The number of hydrogen-bond donors (Lipinski definition) is 1. The van der Waals surface area contributed by atoms with Gasteiger partial charge in [-0.3, -0.25) is 9.59 Å². The van der Waals surface area contributed by atoms with Gasteiger partial charge in [0.25, 0.3) is 11.8 Å². The molecule has 5 heteroatoms. The minimum atomic E-state index is -0.139. The van der Waals surface area contributed by atoms with E-state index < -0.39 is 0 Å². The standard InChI is InChI=1S/C28H37N3O2/c1-2-3-5-10-22-11-13-23(14-12-22)27(32)29-24-15-16-26(30-17-6-4-7-18-30)25(21-24)28(33)31-19-8-9-20-31/h11-16,21H,2-10,17-20H2,1H3,(H,29,32). The number of likely N-dealkylation sites (tertiary alicyclic amines) is 1. The number of carbonyl (C=O) groups is 2. The highest BCUT2D eigenvalue weighted by atomic mass is 16.2. The van der Waals surface area contributed by atoms with Gasteiger partial charge in [0.05, 0.1) is 5.56 Å². The molecule has 2 heterocycles. The van der Waals surface area contributed by atoms with E-state index in [0.29, 0.717) is 16.8 Å². The molecule has 2 amide bonds. The Morgan fingerprint density at radius 1 is 0.848 bits per heavy atom. The van der Waals surface area contributed by atoms with E-state index in [4.69, 9.17) is 0 Å². The molecule has 2 aliphatic rings. The lowest BCUT2D eigenvalue weighted by Gasteiger charge is -2.31. The van der Waals surface area contributed by atoms with Crippen LogP contribution in [-0.4, -0.2) is 42.9 Å². The van der Waals surface area contributed by atoms with E-state index in [1.54, 1.807) is 0 Å². The summed E-state index contributed by atoms with van der Waals surface area (Å²) in [6.07, 6.45) is 10.4. The summed E-state index contributed by atoms with van der Waals surface area (Å²) in [5.41, 5.74) is 4.30. The summed E-state index contributed by atoms with van der Waals surface area (Å²) in [6.45, 7) is 5.81. The van der Waals surface area contributed by atoms with E-state index in [1.165, 1.54) is 31.2 Å². The van der Waals surface area contributed by atoms with Crippen molar-refractivity contribution in [1.29, 1.82) is 0 Å². The van der Waals surface area contributed by atoms with Crippen LogP contribution in [0.25, 0.3) is 0 Å². The second-order valence-corrected chi connectivity index (χ2v) is 9.39. The van der Waals surface area contributed by atoms with E-state index in [1.807, 2.05) is 47.4 Å². The van der Waals surface area contributed by atoms with Gasteiger partial charge in [0, 0.05) is 43.1 Å². The largest absolute Gasteiger partial charge is 0.371 e. The monoisotopic (exact) mass is 447 g/mol. The number of anilines is 2. The van der Waals surface area contributed by atoms with Crippen molar-refractivity contribution in [2.24, 2.45) is 0 Å². The SMILES string of the molecule is CCCCCc1ccc(C(=O)Nc2ccc(N3CCCCC3)c(C(=O)N3CCCC3)c2)cc1. The number of unbranched alkanes of at least 4 members (excludes halogenated alkanes) is 2. The fourth-order valence-corrected chi connectivity index (χ4v) is 4.89. The zero-order valence-electron chi connectivity index (χ0n) is 19.9. The lowest BCUT2D eigenvalue weighted by Crippen LogP contribution is -2.34. The number of hydrogen-bond acceptors (Lipinski definition) is 3. The molecule has 176 valence electrons. The molecule has 2 fully saturated rings. The molecule has 2 saturated heterocycles. The molecule has 33 heavy (non-hydrogen) atoms. The highest BCUT2D eigenvalue weighted by molar-refractivity contribution is 6.06. The maximum atomic E-state index is 13.4. The van der Waals surface area contributed by atoms with Crippen molar-refractivity contribution >= 4 is 23.2 Å². The first kappa shape index (κ1) is 23.3. The number of piperidine rings is 1. The molecular weight excluding hydrogens is 410 g/mol. The van der Waals surface area contributed by atoms with Gasteiger partial charge >= 0.3 is 0 Å². The van der Waals surface area contributed by atoms with Crippen LogP contribution >= 0.6 is 0 Å². The van der Waals surface area contributed by atoms with Gasteiger partial charge < -0.3 is 15.1 Å². The first-order chi connectivity index (χ1) is 16.2. The highest BCUT2D eigenvalue weighted by Gasteiger charge is 2.25. The number of aryl methyl sites for hydroxylation is 1. The van der Waals surface area contributed by atoms with Gasteiger partial charge in [0.1, 0.15) is 0 Å². The zero-order valence-corrected chi connectivity index (χ0v) is 19.9. The predicted molar refractivity (Wildman–Crippen MR) is 135 cm³/mol. The van der Waals surface area contributed by atoms with Gasteiger partial charge in [0.15, 0.2) is 0 Å². The van der Waals surface area contributed by atoms with E-state index in [-0.39, 0.29) is 11.8 Å². The number of nitrogens with one attached hydrogen (secondary N) is 1. The summed E-state index contributed by atoms with van der Waals surface area (Å²) in [5.74, 6) is -0.0546. The second kappa shape index (κ2) is 11.4. The summed E-state index contributed by atoms with van der Waals surface area (Å²) in [5, 5.41) is 3.02. The zero-order chi connectivity index (χ0) is 23.0. The van der Waals surface area contributed by atoms with Crippen LogP contribution in [0, 0.1) is 0 Å². The van der Waals surface area contributed by atoms with Crippen LogP contribution in [0.1, 0.15) is 84.6 Å². The van der Waals surface area contributed by atoms with Crippen molar-refractivity contribution in [3.05, 3.63) is 59.2 Å². The quantitative estimate of drug-likeness (QED) is 0.513. The van der Waals surface area contributed by atoms with Crippen LogP contribution in [0.4, 0.5) is 11.4 Å². The van der Waals surface area contributed by atoms with Crippen molar-refractivity contribution in [3.63, 3.8) is 0 Å². The van der Waals surface area contributed by atoms with Crippen molar-refractivity contribution in [2.75, 3.05) is 36.4 Å². The number of amides is 2. The molecule has 0 saturated carbocycles. The smallest absolute Gasteiger partial charge is 0.256 e. The average Bonchev–Trinajstić information content (AvgIpc) is 3.40. The fraction of sp³-hybridized carbons (Fsp3) is 0.500. The number of nitrogens with zero attached hydrogens (tertiary/aromatic N) is 2. The van der Waals surface area contributed by atoms with Gasteiger partial charge in [-0.05, 0) is 80.8 Å². The van der Waals surface area contributed by atoms with E-state index >= 15 is 0 Å². The Kier molecular flexibility index (Phi) is 8.03. The maximum absolute atomic E-state index is 13.4. The van der Waals surface area contributed by atoms with Gasteiger partial charge in [0.2, 0.25) is 0 Å². The Balaban J connectivity index is 1.50. The molecule has 0 aromatic heterocycles. The average molecular weight is 448 g/mol.